The monoisotopic (exact) mass is 278 g/mol. The number of esters is 1. The van der Waals surface area contributed by atoms with Gasteiger partial charge in [-0.1, -0.05) is 6.07 Å². The lowest BCUT2D eigenvalue weighted by molar-refractivity contribution is -0.149. The molecule has 1 atom stereocenters. The minimum Gasteiger partial charge on any atom is -0.466 e. The van der Waals surface area contributed by atoms with E-state index >= 15 is 0 Å². The molecule has 1 saturated heterocycles. The largest absolute Gasteiger partial charge is 0.466 e. The highest BCUT2D eigenvalue weighted by atomic mass is 16.5. The van der Waals surface area contributed by atoms with E-state index in [1.54, 1.807) is 24.0 Å². The topological polar surface area (TPSA) is 79.5 Å². The lowest BCUT2D eigenvalue weighted by Crippen LogP contribution is -2.43. The van der Waals surface area contributed by atoms with Crippen molar-refractivity contribution in [3.63, 3.8) is 0 Å². The fourth-order valence-corrected chi connectivity index (χ4v) is 2.36. The minimum absolute atomic E-state index is 0.252. The van der Waals surface area contributed by atoms with Crippen LogP contribution in [0.25, 0.3) is 0 Å². The summed E-state index contributed by atoms with van der Waals surface area (Å²) in [4.78, 5) is 39.4. The molecule has 0 radical (unpaired) electrons. The van der Waals surface area contributed by atoms with Crippen LogP contribution in [0.5, 0.6) is 0 Å². The van der Waals surface area contributed by atoms with E-state index in [9.17, 15) is 14.4 Å². The number of nitrogens with zero attached hydrogens (tertiary/aromatic N) is 1. The highest BCUT2D eigenvalue weighted by Gasteiger charge is 2.29. The second-order valence-corrected chi connectivity index (χ2v) is 4.77. The number of ether oxygens (including phenoxy) is 1. The van der Waals surface area contributed by atoms with Crippen molar-refractivity contribution >= 4 is 11.9 Å². The fourth-order valence-electron chi connectivity index (χ4n) is 2.36. The lowest BCUT2D eigenvalue weighted by Gasteiger charge is -2.31. The number of aromatic amines is 1. The molecular weight excluding hydrogens is 260 g/mol. The number of rotatable bonds is 3. The molecule has 0 unspecified atom stereocenters. The molecule has 2 heterocycles. The Labute approximate surface area is 116 Å². The summed E-state index contributed by atoms with van der Waals surface area (Å²) < 4.78 is 5.00. The van der Waals surface area contributed by atoms with E-state index in [-0.39, 0.29) is 29.0 Å². The summed E-state index contributed by atoms with van der Waals surface area (Å²) in [5, 5.41) is 0. The molecule has 2 rings (SSSR count). The summed E-state index contributed by atoms with van der Waals surface area (Å²) in [6.45, 7) is 3.04. The number of amides is 1. The van der Waals surface area contributed by atoms with Crippen molar-refractivity contribution in [2.45, 2.75) is 19.8 Å². The maximum absolute atomic E-state index is 12.3. The summed E-state index contributed by atoms with van der Waals surface area (Å²) in [5.74, 6) is -0.786. The fraction of sp³-hybridized carbons (Fsp3) is 0.500. The smallest absolute Gasteiger partial charge is 0.310 e. The van der Waals surface area contributed by atoms with Gasteiger partial charge in [-0.25, -0.2) is 0 Å². The molecule has 0 bridgehead atoms. The van der Waals surface area contributed by atoms with Gasteiger partial charge >= 0.3 is 5.97 Å². The first-order valence-electron chi connectivity index (χ1n) is 6.77. The van der Waals surface area contributed by atoms with E-state index in [0.29, 0.717) is 19.7 Å². The summed E-state index contributed by atoms with van der Waals surface area (Å²) in [6, 6.07) is 4.46. The predicted molar refractivity (Wildman–Crippen MR) is 72.3 cm³/mol. The third kappa shape index (κ3) is 3.26. The van der Waals surface area contributed by atoms with Crippen molar-refractivity contribution in [2.24, 2.45) is 5.92 Å². The van der Waals surface area contributed by atoms with Gasteiger partial charge < -0.3 is 14.6 Å². The Morgan fingerprint density at radius 2 is 2.25 bits per heavy atom. The van der Waals surface area contributed by atoms with Gasteiger partial charge in [-0.15, -0.1) is 0 Å². The number of aromatic nitrogens is 1. The highest BCUT2D eigenvalue weighted by molar-refractivity contribution is 5.92. The Kier molecular flexibility index (Phi) is 4.55. The van der Waals surface area contributed by atoms with E-state index < -0.39 is 0 Å². The molecule has 0 aliphatic carbocycles. The Morgan fingerprint density at radius 1 is 1.45 bits per heavy atom. The van der Waals surface area contributed by atoms with Crippen LogP contribution < -0.4 is 5.56 Å². The molecular formula is C14H18N2O4. The molecule has 1 amide bonds. The number of nitrogens with one attached hydrogen (secondary N) is 1. The van der Waals surface area contributed by atoms with Crippen LogP contribution in [-0.2, 0) is 9.53 Å². The van der Waals surface area contributed by atoms with E-state index in [0.717, 1.165) is 12.8 Å². The van der Waals surface area contributed by atoms with Gasteiger partial charge in [0.15, 0.2) is 0 Å². The first kappa shape index (κ1) is 14.3. The van der Waals surface area contributed by atoms with Crippen molar-refractivity contribution in [3.8, 4) is 0 Å². The normalized spacial score (nSPS) is 18.6. The SMILES string of the molecule is CCOC(=O)[C@@H]1CCCN(C(=O)c2cccc(=O)[nH]2)C1. The van der Waals surface area contributed by atoms with E-state index in [2.05, 4.69) is 4.98 Å². The molecule has 0 aromatic carbocycles. The van der Waals surface area contributed by atoms with Crippen LogP contribution >= 0.6 is 0 Å². The van der Waals surface area contributed by atoms with E-state index in [1.165, 1.54) is 6.07 Å². The van der Waals surface area contributed by atoms with E-state index in [4.69, 9.17) is 4.74 Å². The van der Waals surface area contributed by atoms with Crippen LogP contribution in [0.1, 0.15) is 30.3 Å². The Balaban J connectivity index is 2.07. The van der Waals surface area contributed by atoms with E-state index in [1.807, 2.05) is 0 Å². The number of H-pyrrole nitrogens is 1. The molecule has 1 aromatic rings. The molecule has 1 N–H and O–H groups in total. The lowest BCUT2D eigenvalue weighted by atomic mass is 9.98. The Morgan fingerprint density at radius 3 is 2.95 bits per heavy atom. The summed E-state index contributed by atoms with van der Waals surface area (Å²) in [6.07, 6.45) is 1.49. The molecule has 1 aromatic heterocycles. The third-order valence-electron chi connectivity index (χ3n) is 3.33. The van der Waals surface area contributed by atoms with Crippen molar-refractivity contribution in [3.05, 3.63) is 34.2 Å². The van der Waals surface area contributed by atoms with Gasteiger partial charge in [-0.2, -0.15) is 0 Å². The Bertz CT molecular complexity index is 552. The first-order chi connectivity index (χ1) is 9.61. The molecule has 6 nitrogen and oxygen atoms in total. The van der Waals surface area contributed by atoms with Gasteiger partial charge in [0.25, 0.3) is 5.91 Å². The van der Waals surface area contributed by atoms with Crippen LogP contribution in [0.15, 0.2) is 23.0 Å². The molecule has 1 aliphatic rings. The average molecular weight is 278 g/mol. The number of hydrogen-bond acceptors (Lipinski definition) is 4. The maximum atomic E-state index is 12.3. The standard InChI is InChI=1S/C14H18N2O4/c1-2-20-14(19)10-5-4-8-16(9-10)13(18)11-6-3-7-12(17)15-11/h3,6-7,10H,2,4-5,8-9H2,1H3,(H,15,17)/t10-/m1/s1. The molecule has 1 aliphatic heterocycles. The summed E-state index contributed by atoms with van der Waals surface area (Å²) >= 11 is 0. The van der Waals surface area contributed by atoms with Gasteiger partial charge in [0.2, 0.25) is 5.56 Å². The molecule has 108 valence electrons. The van der Waals surface area contributed by atoms with Crippen molar-refractivity contribution in [1.82, 2.24) is 9.88 Å². The van der Waals surface area contributed by atoms with Gasteiger partial charge in [-0.05, 0) is 25.8 Å². The van der Waals surface area contributed by atoms with Gasteiger partial charge in [0.1, 0.15) is 5.69 Å². The summed E-state index contributed by atoms with van der Waals surface area (Å²) in [7, 11) is 0. The van der Waals surface area contributed by atoms with Gasteiger partial charge in [0.05, 0.1) is 12.5 Å². The van der Waals surface area contributed by atoms with Crippen molar-refractivity contribution in [2.75, 3.05) is 19.7 Å². The molecule has 1 fully saturated rings. The molecule has 20 heavy (non-hydrogen) atoms. The van der Waals surface area contributed by atoms with Crippen molar-refractivity contribution < 1.29 is 14.3 Å². The number of piperidine rings is 1. The van der Waals surface area contributed by atoms with Crippen LogP contribution in [-0.4, -0.2) is 41.5 Å². The third-order valence-corrected chi connectivity index (χ3v) is 3.33. The second kappa shape index (κ2) is 6.36. The molecule has 0 saturated carbocycles. The number of carbonyl (C=O) groups is 2. The van der Waals surface area contributed by atoms with Crippen LogP contribution in [0.3, 0.4) is 0 Å². The Hall–Kier alpha value is -2.11. The highest BCUT2D eigenvalue weighted by Crippen LogP contribution is 2.19. The predicted octanol–water partition coefficient (Wildman–Crippen LogP) is 0.790. The molecule has 0 spiro atoms. The number of likely N-dealkylation sites (tertiary alicyclic amines) is 1. The molecule has 6 heteroatoms. The first-order valence-corrected chi connectivity index (χ1v) is 6.77. The average Bonchev–Trinajstić information content (AvgIpc) is 2.47. The van der Waals surface area contributed by atoms with Crippen LogP contribution in [0.4, 0.5) is 0 Å². The quantitative estimate of drug-likeness (QED) is 0.829. The summed E-state index contributed by atoms with van der Waals surface area (Å²) in [5.41, 5.74) is -0.0585. The van der Waals surface area contributed by atoms with Crippen molar-refractivity contribution in [1.29, 1.82) is 0 Å². The number of carbonyl (C=O) groups excluding carboxylic acids is 2. The minimum atomic E-state index is -0.310. The van der Waals surface area contributed by atoms with Crippen LogP contribution in [0.2, 0.25) is 0 Å². The zero-order valence-electron chi connectivity index (χ0n) is 11.4. The van der Waals surface area contributed by atoms with Gasteiger partial charge in [-0.3, -0.25) is 14.4 Å². The zero-order valence-corrected chi connectivity index (χ0v) is 11.4. The second-order valence-electron chi connectivity index (χ2n) is 4.77. The zero-order chi connectivity index (χ0) is 14.5. The van der Waals surface area contributed by atoms with Gasteiger partial charge in [0, 0.05) is 19.2 Å². The van der Waals surface area contributed by atoms with Crippen LogP contribution in [0, 0.1) is 5.92 Å². The number of hydrogen-bond donors (Lipinski definition) is 1. The number of pyridine rings is 1. The maximum Gasteiger partial charge on any atom is 0.310 e.